The van der Waals surface area contributed by atoms with Gasteiger partial charge < -0.3 is 15.2 Å². The van der Waals surface area contributed by atoms with Crippen LogP contribution in [0.5, 0.6) is 0 Å². The number of nitrogens with one attached hydrogen (secondary N) is 1. The Bertz CT molecular complexity index is 294. The van der Waals surface area contributed by atoms with E-state index in [4.69, 9.17) is 21.4 Å². The summed E-state index contributed by atoms with van der Waals surface area (Å²) in [5.41, 5.74) is -0.637. The van der Waals surface area contributed by atoms with Crippen LogP contribution in [-0.4, -0.2) is 46.2 Å². The number of carbonyl (C=O) groups excluding carboxylic acids is 1. The van der Waals surface area contributed by atoms with Crippen LogP contribution in [0.2, 0.25) is 0 Å². The second-order valence-electron chi connectivity index (χ2n) is 4.98. The van der Waals surface area contributed by atoms with Crippen molar-refractivity contribution in [1.29, 1.82) is 0 Å². The summed E-state index contributed by atoms with van der Waals surface area (Å²) in [5, 5.41) is 11.4. The Kier molecular flexibility index (Phi) is 9.01. The van der Waals surface area contributed by atoms with Crippen LogP contribution in [0.3, 0.4) is 0 Å². The molecule has 0 aliphatic heterocycles. The van der Waals surface area contributed by atoms with Gasteiger partial charge in [0.05, 0.1) is 0 Å². The minimum absolute atomic E-state index is 0.363. The molecule has 2 N–H and O–H groups in total. The number of alkyl carbamates (subject to hydrolysis) is 1. The fraction of sp³-hybridized carbons (Fsp3) is 0.833. The predicted molar refractivity (Wildman–Crippen MR) is 78.1 cm³/mol. The molecular weight excluding hydrogens is 290 g/mol. The Morgan fingerprint density at radius 2 is 2.00 bits per heavy atom. The number of rotatable bonds is 8. The maximum Gasteiger partial charge on any atom is 0.408 e. The maximum atomic E-state index is 11.5. The largest absolute Gasteiger partial charge is 0.480 e. The first-order valence-electron chi connectivity index (χ1n) is 6.12. The summed E-state index contributed by atoms with van der Waals surface area (Å²) >= 11 is 7.17. The highest BCUT2D eigenvalue weighted by Crippen LogP contribution is 2.10. The van der Waals surface area contributed by atoms with E-state index in [0.29, 0.717) is 18.1 Å². The smallest absolute Gasteiger partial charge is 0.408 e. The van der Waals surface area contributed by atoms with E-state index >= 15 is 0 Å². The van der Waals surface area contributed by atoms with Gasteiger partial charge >= 0.3 is 12.1 Å². The van der Waals surface area contributed by atoms with Crippen molar-refractivity contribution < 1.29 is 19.4 Å². The van der Waals surface area contributed by atoms with E-state index in [2.05, 4.69) is 5.32 Å². The molecule has 5 nitrogen and oxygen atoms in total. The number of thioether (sulfide) groups is 1. The Hall–Kier alpha value is -0.620. The average molecular weight is 312 g/mol. The topological polar surface area (TPSA) is 75.6 Å². The number of hydrogen-bond donors (Lipinski definition) is 2. The number of carboxylic acids is 1. The van der Waals surface area contributed by atoms with Gasteiger partial charge in [-0.25, -0.2) is 9.59 Å². The second-order valence-corrected chi connectivity index (χ2v) is 6.58. The highest BCUT2D eigenvalue weighted by molar-refractivity contribution is 7.99. The van der Waals surface area contributed by atoms with E-state index in [0.717, 1.165) is 12.2 Å². The van der Waals surface area contributed by atoms with Gasteiger partial charge in [0.1, 0.15) is 11.6 Å². The monoisotopic (exact) mass is 311 g/mol. The molecule has 0 spiro atoms. The van der Waals surface area contributed by atoms with E-state index in [-0.39, 0.29) is 0 Å². The predicted octanol–water partition coefficient (Wildman–Crippen LogP) is 2.72. The molecule has 0 saturated heterocycles. The van der Waals surface area contributed by atoms with Crippen molar-refractivity contribution in [3.8, 4) is 0 Å². The van der Waals surface area contributed by atoms with Crippen LogP contribution in [0.1, 0.15) is 33.6 Å². The van der Waals surface area contributed by atoms with Gasteiger partial charge in [-0.3, -0.25) is 0 Å². The van der Waals surface area contributed by atoms with Crippen molar-refractivity contribution in [2.24, 2.45) is 0 Å². The number of halogens is 1. The first-order chi connectivity index (χ1) is 8.76. The first kappa shape index (κ1) is 18.4. The second kappa shape index (κ2) is 9.31. The minimum atomic E-state index is -1.05. The molecular formula is C12H22ClNO4S. The lowest BCUT2D eigenvalue weighted by atomic mass is 10.2. The third kappa shape index (κ3) is 10.9. The van der Waals surface area contributed by atoms with Gasteiger partial charge in [0, 0.05) is 5.88 Å². The first-order valence-corrected chi connectivity index (χ1v) is 7.81. The highest BCUT2D eigenvalue weighted by Gasteiger charge is 2.23. The number of carboxylic acid groups (broad SMARTS) is 1. The third-order valence-corrected chi connectivity index (χ3v) is 3.33. The molecule has 0 unspecified atom stereocenters. The Labute approximate surface area is 123 Å². The highest BCUT2D eigenvalue weighted by atomic mass is 35.5. The molecule has 1 amide bonds. The molecule has 0 saturated carbocycles. The zero-order valence-electron chi connectivity index (χ0n) is 11.6. The summed E-state index contributed by atoms with van der Waals surface area (Å²) in [4.78, 5) is 22.5. The summed E-state index contributed by atoms with van der Waals surface area (Å²) in [5.74, 6) is 1.10. The van der Waals surface area contributed by atoms with E-state index in [1.165, 1.54) is 0 Å². The van der Waals surface area contributed by atoms with Crippen molar-refractivity contribution in [1.82, 2.24) is 5.32 Å². The van der Waals surface area contributed by atoms with Crippen molar-refractivity contribution in [2.45, 2.75) is 45.3 Å². The lowest BCUT2D eigenvalue weighted by Gasteiger charge is -2.21. The van der Waals surface area contributed by atoms with Crippen LogP contribution >= 0.6 is 23.4 Å². The number of ether oxygens (including phenoxy) is 1. The van der Waals surface area contributed by atoms with E-state index in [1.54, 1.807) is 32.5 Å². The molecule has 0 aromatic carbocycles. The van der Waals surface area contributed by atoms with Crippen LogP contribution in [0.25, 0.3) is 0 Å². The molecule has 0 fully saturated rings. The average Bonchev–Trinajstić information content (AvgIpc) is 2.24. The van der Waals surface area contributed by atoms with Gasteiger partial charge in [-0.05, 0) is 45.1 Å². The van der Waals surface area contributed by atoms with Gasteiger partial charge in [-0.1, -0.05) is 0 Å². The summed E-state index contributed by atoms with van der Waals surface area (Å²) in [6, 6.07) is -0.918. The number of hydrogen-bond acceptors (Lipinski definition) is 4. The molecule has 0 aromatic rings. The molecule has 0 aliphatic carbocycles. The van der Waals surface area contributed by atoms with Crippen LogP contribution in [0, 0.1) is 0 Å². The van der Waals surface area contributed by atoms with Crippen LogP contribution < -0.4 is 5.32 Å². The molecule has 0 aromatic heterocycles. The summed E-state index contributed by atoms with van der Waals surface area (Å²) in [7, 11) is 0. The molecule has 0 aliphatic rings. The van der Waals surface area contributed by atoms with Crippen LogP contribution in [0.15, 0.2) is 0 Å². The zero-order valence-corrected chi connectivity index (χ0v) is 13.1. The van der Waals surface area contributed by atoms with E-state index in [9.17, 15) is 9.59 Å². The lowest BCUT2D eigenvalue weighted by molar-refractivity contribution is -0.139. The Balaban J connectivity index is 4.05. The standard InChI is InChI=1S/C12H22ClNO4S/c1-12(2,3)18-11(17)14-9(10(15)16)5-8-19-7-4-6-13/h9H,4-8H2,1-3H3,(H,14,17)(H,15,16)/t9-/m0/s1. The number of alkyl halides is 1. The maximum absolute atomic E-state index is 11.5. The fourth-order valence-corrected chi connectivity index (χ4v) is 2.41. The van der Waals surface area contributed by atoms with E-state index < -0.39 is 23.7 Å². The molecule has 0 bridgehead atoms. The molecule has 7 heteroatoms. The number of amides is 1. The quantitative estimate of drug-likeness (QED) is 0.532. The molecule has 112 valence electrons. The van der Waals surface area contributed by atoms with Crippen molar-refractivity contribution in [2.75, 3.05) is 17.4 Å². The van der Waals surface area contributed by atoms with E-state index in [1.807, 2.05) is 0 Å². The third-order valence-electron chi connectivity index (χ3n) is 1.96. The van der Waals surface area contributed by atoms with Gasteiger partial charge in [0.25, 0.3) is 0 Å². The fourth-order valence-electron chi connectivity index (χ4n) is 1.17. The minimum Gasteiger partial charge on any atom is -0.480 e. The SMILES string of the molecule is CC(C)(C)OC(=O)N[C@@H](CCSCCCCl)C(=O)O. The Morgan fingerprint density at radius 1 is 1.37 bits per heavy atom. The van der Waals surface area contributed by atoms with Crippen LogP contribution in [0.4, 0.5) is 4.79 Å². The van der Waals surface area contributed by atoms with Gasteiger partial charge in [-0.2, -0.15) is 11.8 Å². The molecule has 19 heavy (non-hydrogen) atoms. The normalized spacial score (nSPS) is 12.8. The zero-order chi connectivity index (χ0) is 14.9. The van der Waals surface area contributed by atoms with Gasteiger partial charge in [-0.15, -0.1) is 11.6 Å². The lowest BCUT2D eigenvalue weighted by Crippen LogP contribution is -2.43. The summed E-state index contributed by atoms with van der Waals surface area (Å²) < 4.78 is 5.03. The van der Waals surface area contributed by atoms with Gasteiger partial charge in [0.15, 0.2) is 0 Å². The molecule has 0 radical (unpaired) electrons. The van der Waals surface area contributed by atoms with Crippen LogP contribution in [-0.2, 0) is 9.53 Å². The van der Waals surface area contributed by atoms with Gasteiger partial charge in [0.2, 0.25) is 0 Å². The van der Waals surface area contributed by atoms with Crippen molar-refractivity contribution >= 4 is 35.4 Å². The van der Waals surface area contributed by atoms with Crippen molar-refractivity contribution in [3.63, 3.8) is 0 Å². The molecule has 0 heterocycles. The Morgan fingerprint density at radius 3 is 2.47 bits per heavy atom. The molecule has 1 atom stereocenters. The summed E-state index contributed by atoms with van der Waals surface area (Å²) in [6.07, 6.45) is 0.552. The number of aliphatic carboxylic acids is 1. The van der Waals surface area contributed by atoms with Crippen molar-refractivity contribution in [3.05, 3.63) is 0 Å². The number of carbonyl (C=O) groups is 2. The summed E-state index contributed by atoms with van der Waals surface area (Å²) in [6.45, 7) is 5.18. The molecule has 0 rings (SSSR count).